The molecule has 0 unspecified atom stereocenters. The second-order valence-electron chi connectivity index (χ2n) is 5.43. The third-order valence-electron chi connectivity index (χ3n) is 3.67. The van der Waals surface area contributed by atoms with Gasteiger partial charge in [0.15, 0.2) is 0 Å². The van der Waals surface area contributed by atoms with Crippen LogP contribution in [0.25, 0.3) is 6.08 Å². The minimum absolute atomic E-state index is 0.230. The van der Waals surface area contributed by atoms with Gasteiger partial charge in [-0.25, -0.2) is 0 Å². The summed E-state index contributed by atoms with van der Waals surface area (Å²) >= 11 is 0.927. The molecule has 1 heterocycles. The van der Waals surface area contributed by atoms with Gasteiger partial charge in [0.05, 0.1) is 4.91 Å². The summed E-state index contributed by atoms with van der Waals surface area (Å²) in [5.74, 6) is 0.357. The Morgan fingerprint density at radius 2 is 1.76 bits per heavy atom. The number of thioether (sulfide) groups is 1. The Bertz CT molecular complexity index is 805. The van der Waals surface area contributed by atoms with E-state index >= 15 is 0 Å². The summed E-state index contributed by atoms with van der Waals surface area (Å²) in [6.45, 7) is 0.913. The van der Waals surface area contributed by atoms with Gasteiger partial charge in [-0.1, -0.05) is 48.5 Å². The van der Waals surface area contributed by atoms with Crippen LogP contribution in [0.1, 0.15) is 11.1 Å². The molecule has 128 valence electrons. The van der Waals surface area contributed by atoms with Crippen LogP contribution in [-0.4, -0.2) is 29.1 Å². The fraction of sp³-hybridized carbons (Fsp3) is 0.158. The maximum absolute atomic E-state index is 12.3. The number of nitrogens with zero attached hydrogens (tertiary/aromatic N) is 1. The van der Waals surface area contributed by atoms with E-state index in [0.717, 1.165) is 22.9 Å². The van der Waals surface area contributed by atoms with Crippen molar-refractivity contribution in [1.82, 2.24) is 4.90 Å². The van der Waals surface area contributed by atoms with Crippen LogP contribution in [0.15, 0.2) is 59.5 Å². The maximum Gasteiger partial charge on any atom is 0.293 e. The molecule has 5 nitrogen and oxygen atoms in total. The molecule has 0 spiro atoms. The number of hydrogen-bond acceptors (Lipinski definition) is 5. The van der Waals surface area contributed by atoms with Crippen molar-refractivity contribution in [3.05, 3.63) is 70.6 Å². The molecule has 0 atom stereocenters. The van der Waals surface area contributed by atoms with Crippen LogP contribution in [0.5, 0.6) is 5.75 Å². The van der Waals surface area contributed by atoms with Gasteiger partial charge < -0.3 is 10.5 Å². The fourth-order valence-electron chi connectivity index (χ4n) is 2.43. The van der Waals surface area contributed by atoms with Crippen molar-refractivity contribution in [3.63, 3.8) is 0 Å². The van der Waals surface area contributed by atoms with Gasteiger partial charge in [-0.2, -0.15) is 0 Å². The van der Waals surface area contributed by atoms with E-state index in [0.29, 0.717) is 17.3 Å². The molecule has 1 saturated heterocycles. The van der Waals surface area contributed by atoms with Crippen LogP contribution in [0.3, 0.4) is 0 Å². The first-order valence-electron chi connectivity index (χ1n) is 7.90. The summed E-state index contributed by atoms with van der Waals surface area (Å²) in [7, 11) is 0. The average molecular weight is 354 g/mol. The molecule has 1 aliphatic heterocycles. The number of rotatable bonds is 6. The van der Waals surface area contributed by atoms with Crippen LogP contribution in [0, 0.1) is 0 Å². The number of ether oxygens (including phenoxy) is 1. The van der Waals surface area contributed by atoms with Crippen molar-refractivity contribution in [2.24, 2.45) is 5.73 Å². The first kappa shape index (κ1) is 17.3. The number of carbonyl (C=O) groups is 2. The van der Waals surface area contributed by atoms with Gasteiger partial charge in [0, 0.05) is 18.7 Å². The van der Waals surface area contributed by atoms with Crippen molar-refractivity contribution in [1.29, 1.82) is 0 Å². The van der Waals surface area contributed by atoms with Crippen LogP contribution in [0.4, 0.5) is 4.79 Å². The van der Waals surface area contributed by atoms with Crippen molar-refractivity contribution in [2.75, 3.05) is 13.1 Å². The largest absolute Gasteiger partial charge is 0.488 e. The minimum Gasteiger partial charge on any atom is -0.488 e. The van der Waals surface area contributed by atoms with Gasteiger partial charge in [0.1, 0.15) is 12.4 Å². The first-order chi connectivity index (χ1) is 12.2. The molecule has 0 radical (unpaired) electrons. The Kier molecular flexibility index (Phi) is 5.53. The summed E-state index contributed by atoms with van der Waals surface area (Å²) in [5.41, 5.74) is 7.27. The van der Waals surface area contributed by atoms with Gasteiger partial charge in [-0.05, 0) is 29.5 Å². The van der Waals surface area contributed by atoms with E-state index in [1.165, 1.54) is 4.90 Å². The molecule has 1 fully saturated rings. The summed E-state index contributed by atoms with van der Waals surface area (Å²) in [6.07, 6.45) is 1.70. The molecule has 1 aliphatic rings. The summed E-state index contributed by atoms with van der Waals surface area (Å²) in [4.78, 5) is 25.8. The maximum atomic E-state index is 12.3. The second kappa shape index (κ2) is 8.00. The molecule has 2 N–H and O–H groups in total. The summed E-state index contributed by atoms with van der Waals surface area (Å²) < 4.78 is 5.89. The Morgan fingerprint density at radius 1 is 1.04 bits per heavy atom. The zero-order chi connectivity index (χ0) is 17.6. The predicted octanol–water partition coefficient (Wildman–Crippen LogP) is 3.26. The monoisotopic (exact) mass is 354 g/mol. The number of para-hydroxylation sites is 1. The normalized spacial score (nSPS) is 15.9. The number of nitrogens with two attached hydrogens (primary N) is 1. The van der Waals surface area contributed by atoms with E-state index in [9.17, 15) is 9.59 Å². The van der Waals surface area contributed by atoms with Crippen molar-refractivity contribution >= 4 is 29.0 Å². The number of benzene rings is 2. The molecular weight excluding hydrogens is 336 g/mol. The van der Waals surface area contributed by atoms with Gasteiger partial charge in [-0.3, -0.25) is 14.5 Å². The summed E-state index contributed by atoms with van der Waals surface area (Å²) in [6, 6.07) is 17.3. The molecule has 2 amide bonds. The summed E-state index contributed by atoms with van der Waals surface area (Å²) in [5, 5.41) is -0.288. The Morgan fingerprint density at radius 3 is 2.52 bits per heavy atom. The zero-order valence-corrected chi connectivity index (χ0v) is 14.4. The van der Waals surface area contributed by atoms with E-state index < -0.39 is 0 Å². The van der Waals surface area contributed by atoms with Crippen LogP contribution in [-0.2, 0) is 11.4 Å². The lowest BCUT2D eigenvalue weighted by Crippen LogP contribution is -2.33. The van der Waals surface area contributed by atoms with Crippen molar-refractivity contribution < 1.29 is 14.3 Å². The number of imide groups is 1. The average Bonchev–Trinajstić information content (AvgIpc) is 2.90. The zero-order valence-electron chi connectivity index (χ0n) is 13.6. The fourth-order valence-corrected chi connectivity index (χ4v) is 3.29. The smallest absolute Gasteiger partial charge is 0.293 e. The number of hydrogen-bond donors (Lipinski definition) is 1. The topological polar surface area (TPSA) is 72.6 Å². The molecule has 6 heteroatoms. The third kappa shape index (κ3) is 4.10. The third-order valence-corrected chi connectivity index (χ3v) is 4.58. The van der Waals surface area contributed by atoms with Gasteiger partial charge in [0.25, 0.3) is 11.1 Å². The molecule has 3 rings (SSSR count). The first-order valence-corrected chi connectivity index (χ1v) is 8.72. The highest BCUT2D eigenvalue weighted by atomic mass is 32.2. The lowest BCUT2D eigenvalue weighted by atomic mass is 10.1. The molecule has 2 aromatic rings. The van der Waals surface area contributed by atoms with E-state index in [1.54, 1.807) is 6.08 Å². The van der Waals surface area contributed by atoms with E-state index in [1.807, 2.05) is 54.6 Å². The SMILES string of the molecule is NCCN1C(=O)SC(=Cc2ccccc2OCc2ccccc2)C1=O. The van der Waals surface area contributed by atoms with Gasteiger partial charge in [-0.15, -0.1) is 0 Å². The molecule has 0 aliphatic carbocycles. The van der Waals surface area contributed by atoms with Gasteiger partial charge in [0.2, 0.25) is 0 Å². The van der Waals surface area contributed by atoms with Gasteiger partial charge >= 0.3 is 0 Å². The number of amides is 2. The lowest BCUT2D eigenvalue weighted by Gasteiger charge is -2.10. The van der Waals surface area contributed by atoms with Crippen LogP contribution >= 0.6 is 11.8 Å². The van der Waals surface area contributed by atoms with E-state index in [2.05, 4.69) is 0 Å². The molecule has 0 aromatic heterocycles. The van der Waals surface area contributed by atoms with Crippen LogP contribution in [0.2, 0.25) is 0 Å². The second-order valence-corrected chi connectivity index (χ2v) is 6.43. The Balaban J connectivity index is 1.79. The molecule has 2 aromatic carbocycles. The van der Waals surface area contributed by atoms with Crippen molar-refractivity contribution in [2.45, 2.75) is 6.61 Å². The minimum atomic E-state index is -0.307. The quantitative estimate of drug-likeness (QED) is 0.806. The van der Waals surface area contributed by atoms with Crippen molar-refractivity contribution in [3.8, 4) is 5.75 Å². The molecule has 0 saturated carbocycles. The Hall–Kier alpha value is -2.57. The van der Waals surface area contributed by atoms with Crippen LogP contribution < -0.4 is 10.5 Å². The van der Waals surface area contributed by atoms with E-state index in [-0.39, 0.29) is 24.2 Å². The highest BCUT2D eigenvalue weighted by Gasteiger charge is 2.34. The standard InChI is InChI=1S/C19H18N2O3S/c20-10-11-21-18(22)17(25-19(21)23)12-15-8-4-5-9-16(15)24-13-14-6-2-1-3-7-14/h1-9,12H,10-11,13,20H2. The Labute approximate surface area is 150 Å². The lowest BCUT2D eigenvalue weighted by molar-refractivity contribution is -0.122. The predicted molar refractivity (Wildman–Crippen MR) is 98.9 cm³/mol. The van der Waals surface area contributed by atoms with E-state index in [4.69, 9.17) is 10.5 Å². The molecular formula is C19H18N2O3S. The highest BCUT2D eigenvalue weighted by molar-refractivity contribution is 8.18. The molecule has 0 bridgehead atoms. The number of carbonyl (C=O) groups excluding carboxylic acids is 2. The highest BCUT2D eigenvalue weighted by Crippen LogP contribution is 2.33. The molecule has 25 heavy (non-hydrogen) atoms.